The van der Waals surface area contributed by atoms with Gasteiger partial charge >= 0.3 is 0 Å². The summed E-state index contributed by atoms with van der Waals surface area (Å²) < 4.78 is 0. The van der Waals surface area contributed by atoms with E-state index in [0.717, 1.165) is 6.54 Å². The molecule has 1 rings (SSSR count). The van der Waals surface area contributed by atoms with Crippen molar-refractivity contribution in [3.63, 3.8) is 0 Å². The maximum Gasteiger partial charge on any atom is 0.0369 e. The van der Waals surface area contributed by atoms with Crippen LogP contribution in [0, 0.1) is 0 Å². The summed E-state index contributed by atoms with van der Waals surface area (Å²) in [5, 5.41) is 3.40. The maximum atomic E-state index is 3.40. The minimum atomic E-state index is 1.11. The molecule has 1 nitrogen and oxygen atoms in total. The molecule has 0 aromatic rings. The molecular formula is C13H23N. The molecule has 0 saturated carbocycles. The van der Waals surface area contributed by atoms with Crippen LogP contribution in [0.25, 0.3) is 0 Å². The van der Waals surface area contributed by atoms with Crippen LogP contribution in [0.2, 0.25) is 0 Å². The van der Waals surface area contributed by atoms with Crippen LogP contribution in [-0.4, -0.2) is 6.54 Å². The summed E-state index contributed by atoms with van der Waals surface area (Å²) in [6.07, 6.45) is 11.0. The summed E-state index contributed by atoms with van der Waals surface area (Å²) in [4.78, 5) is 0. The fourth-order valence-corrected chi connectivity index (χ4v) is 1.46. The zero-order valence-corrected chi connectivity index (χ0v) is 9.93. The molecule has 0 radical (unpaired) electrons. The summed E-state index contributed by atoms with van der Waals surface area (Å²) in [5.41, 5.74) is 2.73. The molecule has 0 amide bonds. The second kappa shape index (κ2) is 8.61. The Labute approximate surface area is 88.6 Å². The highest BCUT2D eigenvalue weighted by molar-refractivity contribution is 5.33. The minimum Gasteiger partial charge on any atom is -0.385 e. The first-order chi connectivity index (χ1) is 6.88. The van der Waals surface area contributed by atoms with E-state index in [1.165, 1.54) is 24.1 Å². The van der Waals surface area contributed by atoms with E-state index in [1.54, 1.807) is 0 Å². The molecule has 1 heterocycles. The lowest BCUT2D eigenvalue weighted by atomic mass is 10.0. The molecule has 0 saturated heterocycles. The van der Waals surface area contributed by atoms with E-state index in [1.807, 2.05) is 13.8 Å². The van der Waals surface area contributed by atoms with Crippen LogP contribution >= 0.6 is 0 Å². The smallest absolute Gasteiger partial charge is 0.0369 e. The SMILES string of the molecule is C/C=C\C1=C(/C=C\C)NCCC1.CC. The van der Waals surface area contributed by atoms with Crippen LogP contribution in [0.1, 0.15) is 40.5 Å². The van der Waals surface area contributed by atoms with Crippen molar-refractivity contribution in [2.24, 2.45) is 0 Å². The average Bonchev–Trinajstić information content (AvgIpc) is 2.25. The van der Waals surface area contributed by atoms with Gasteiger partial charge in [0, 0.05) is 12.2 Å². The predicted octanol–water partition coefficient (Wildman–Crippen LogP) is 3.80. The van der Waals surface area contributed by atoms with Crippen molar-refractivity contribution in [2.45, 2.75) is 40.5 Å². The molecule has 0 atom stereocenters. The van der Waals surface area contributed by atoms with Gasteiger partial charge in [-0.05, 0) is 38.3 Å². The molecular weight excluding hydrogens is 170 g/mol. The van der Waals surface area contributed by atoms with E-state index >= 15 is 0 Å². The Hall–Kier alpha value is -0.980. The van der Waals surface area contributed by atoms with E-state index in [-0.39, 0.29) is 0 Å². The molecule has 0 unspecified atom stereocenters. The monoisotopic (exact) mass is 193 g/mol. The molecule has 0 spiro atoms. The van der Waals surface area contributed by atoms with Crippen LogP contribution < -0.4 is 5.32 Å². The standard InChI is InChI=1S/C11H17N.C2H6/c1-3-6-10-8-5-9-12-11(10)7-4-2;1-2/h3-4,6-7,12H,5,8-9H2,1-2H3;1-2H3/b6-3-,7-4-;. The van der Waals surface area contributed by atoms with Gasteiger partial charge in [-0.25, -0.2) is 0 Å². The number of hydrogen-bond donors (Lipinski definition) is 1. The van der Waals surface area contributed by atoms with Crippen molar-refractivity contribution in [2.75, 3.05) is 6.54 Å². The zero-order valence-electron chi connectivity index (χ0n) is 9.93. The predicted molar refractivity (Wildman–Crippen MR) is 65.2 cm³/mol. The van der Waals surface area contributed by atoms with E-state index in [4.69, 9.17) is 0 Å². The average molecular weight is 193 g/mol. The normalized spacial score (nSPS) is 16.9. The number of rotatable bonds is 2. The molecule has 14 heavy (non-hydrogen) atoms. The quantitative estimate of drug-likeness (QED) is 0.703. The summed E-state index contributed by atoms with van der Waals surface area (Å²) in [6, 6.07) is 0. The van der Waals surface area contributed by atoms with Gasteiger partial charge in [0.1, 0.15) is 0 Å². The highest BCUT2D eigenvalue weighted by Crippen LogP contribution is 2.16. The lowest BCUT2D eigenvalue weighted by molar-refractivity contribution is 0.685. The first kappa shape index (κ1) is 13.0. The first-order valence-electron chi connectivity index (χ1n) is 5.61. The molecule has 0 bridgehead atoms. The van der Waals surface area contributed by atoms with Gasteiger partial charge in [-0.15, -0.1) is 0 Å². The van der Waals surface area contributed by atoms with Crippen LogP contribution in [0.4, 0.5) is 0 Å². The van der Waals surface area contributed by atoms with Crippen molar-refractivity contribution in [1.82, 2.24) is 5.32 Å². The second-order valence-electron chi connectivity index (χ2n) is 2.97. The third-order valence-electron chi connectivity index (χ3n) is 1.99. The highest BCUT2D eigenvalue weighted by atomic mass is 14.9. The number of nitrogens with one attached hydrogen (secondary N) is 1. The van der Waals surface area contributed by atoms with Gasteiger partial charge in [-0.1, -0.05) is 32.1 Å². The van der Waals surface area contributed by atoms with Crippen molar-refractivity contribution in [3.05, 3.63) is 35.6 Å². The molecule has 80 valence electrons. The number of hydrogen-bond acceptors (Lipinski definition) is 1. The Bertz CT molecular complexity index is 197. The Morgan fingerprint density at radius 1 is 1.07 bits per heavy atom. The highest BCUT2D eigenvalue weighted by Gasteiger charge is 2.05. The Kier molecular flexibility index (Phi) is 8.01. The maximum absolute atomic E-state index is 3.40. The fraction of sp³-hybridized carbons (Fsp3) is 0.538. The molecule has 1 heteroatoms. The molecule has 1 aliphatic heterocycles. The third-order valence-corrected chi connectivity index (χ3v) is 1.99. The van der Waals surface area contributed by atoms with Gasteiger partial charge < -0.3 is 5.32 Å². The zero-order chi connectivity index (χ0) is 10.8. The van der Waals surface area contributed by atoms with E-state index in [0.29, 0.717) is 0 Å². The third kappa shape index (κ3) is 4.31. The fourth-order valence-electron chi connectivity index (χ4n) is 1.46. The van der Waals surface area contributed by atoms with Gasteiger partial charge in [0.2, 0.25) is 0 Å². The second-order valence-corrected chi connectivity index (χ2v) is 2.97. The van der Waals surface area contributed by atoms with Crippen molar-refractivity contribution in [3.8, 4) is 0 Å². The van der Waals surface area contributed by atoms with Crippen molar-refractivity contribution >= 4 is 0 Å². The molecule has 0 aromatic heterocycles. The lowest BCUT2D eigenvalue weighted by Crippen LogP contribution is -2.19. The topological polar surface area (TPSA) is 12.0 Å². The van der Waals surface area contributed by atoms with Crippen LogP contribution in [0.5, 0.6) is 0 Å². The summed E-state index contributed by atoms with van der Waals surface area (Å²) in [5.74, 6) is 0. The van der Waals surface area contributed by atoms with Gasteiger partial charge in [0.05, 0.1) is 0 Å². The van der Waals surface area contributed by atoms with Crippen LogP contribution in [-0.2, 0) is 0 Å². The van der Waals surface area contributed by atoms with Crippen LogP contribution in [0.15, 0.2) is 35.6 Å². The van der Waals surface area contributed by atoms with E-state index in [9.17, 15) is 0 Å². The minimum absolute atomic E-state index is 1.11. The summed E-state index contributed by atoms with van der Waals surface area (Å²) in [6.45, 7) is 9.23. The van der Waals surface area contributed by atoms with E-state index < -0.39 is 0 Å². The Morgan fingerprint density at radius 3 is 2.29 bits per heavy atom. The molecule has 1 aliphatic rings. The summed E-state index contributed by atoms with van der Waals surface area (Å²) in [7, 11) is 0. The van der Waals surface area contributed by atoms with E-state index in [2.05, 4.69) is 43.5 Å². The molecule has 0 aliphatic carbocycles. The Morgan fingerprint density at radius 2 is 1.71 bits per heavy atom. The first-order valence-corrected chi connectivity index (χ1v) is 5.61. The number of allylic oxidation sites excluding steroid dienone is 5. The van der Waals surface area contributed by atoms with Gasteiger partial charge in [0.15, 0.2) is 0 Å². The van der Waals surface area contributed by atoms with Gasteiger partial charge in [0.25, 0.3) is 0 Å². The van der Waals surface area contributed by atoms with Crippen LogP contribution in [0.3, 0.4) is 0 Å². The van der Waals surface area contributed by atoms with Gasteiger partial charge in [-0.2, -0.15) is 0 Å². The molecule has 0 aromatic carbocycles. The van der Waals surface area contributed by atoms with Gasteiger partial charge in [-0.3, -0.25) is 0 Å². The van der Waals surface area contributed by atoms with Crippen molar-refractivity contribution < 1.29 is 0 Å². The summed E-state index contributed by atoms with van der Waals surface area (Å²) >= 11 is 0. The lowest BCUT2D eigenvalue weighted by Gasteiger charge is -2.17. The Balaban J connectivity index is 0.000000791. The van der Waals surface area contributed by atoms with Crippen molar-refractivity contribution in [1.29, 1.82) is 0 Å². The largest absolute Gasteiger partial charge is 0.385 e. The molecule has 1 N–H and O–H groups in total. The molecule has 0 fully saturated rings.